The Balaban J connectivity index is 1.87. The third kappa shape index (κ3) is 3.93. The molecule has 4 heteroatoms. The zero-order valence-electron chi connectivity index (χ0n) is 11.7. The lowest BCUT2D eigenvalue weighted by Crippen LogP contribution is -2.37. The SMILES string of the molecule is Cc1cc(F)c(Br)cc1NCCC1CCCCN1C. The lowest BCUT2D eigenvalue weighted by atomic mass is 10.00. The van der Waals surface area contributed by atoms with E-state index in [2.05, 4.69) is 33.2 Å². The molecular weight excluding hydrogens is 307 g/mol. The van der Waals surface area contributed by atoms with Crippen LogP contribution in [0.25, 0.3) is 0 Å². The average Bonchev–Trinajstić information content (AvgIpc) is 2.38. The van der Waals surface area contributed by atoms with E-state index in [1.807, 2.05) is 13.0 Å². The first-order valence-electron chi connectivity index (χ1n) is 6.97. The molecule has 106 valence electrons. The molecule has 19 heavy (non-hydrogen) atoms. The van der Waals surface area contributed by atoms with Gasteiger partial charge in [-0.05, 0) is 73.4 Å². The predicted octanol–water partition coefficient (Wildman–Crippen LogP) is 4.18. The molecular formula is C15H22BrFN2. The first-order chi connectivity index (χ1) is 9.08. The molecule has 1 atom stereocenters. The van der Waals surface area contributed by atoms with Gasteiger partial charge in [0, 0.05) is 18.3 Å². The largest absolute Gasteiger partial charge is 0.385 e. The fraction of sp³-hybridized carbons (Fsp3) is 0.600. The minimum absolute atomic E-state index is 0.199. The number of nitrogens with one attached hydrogen (secondary N) is 1. The summed E-state index contributed by atoms with van der Waals surface area (Å²) in [6.45, 7) is 4.09. The summed E-state index contributed by atoms with van der Waals surface area (Å²) in [6.07, 6.45) is 5.11. The quantitative estimate of drug-likeness (QED) is 0.891. The molecule has 0 aliphatic carbocycles. The minimum atomic E-state index is -0.199. The van der Waals surface area contributed by atoms with Crippen LogP contribution >= 0.6 is 15.9 Å². The summed E-state index contributed by atoms with van der Waals surface area (Å²) in [5.74, 6) is -0.199. The Labute approximate surface area is 123 Å². The molecule has 1 aromatic carbocycles. The number of anilines is 1. The second-order valence-corrected chi connectivity index (χ2v) is 6.28. The Morgan fingerprint density at radius 2 is 2.21 bits per heavy atom. The van der Waals surface area contributed by atoms with Crippen molar-refractivity contribution < 1.29 is 4.39 Å². The number of benzene rings is 1. The van der Waals surface area contributed by atoms with Gasteiger partial charge in [-0.2, -0.15) is 0 Å². The highest BCUT2D eigenvalue weighted by Crippen LogP contribution is 2.24. The fourth-order valence-corrected chi connectivity index (χ4v) is 3.06. The molecule has 0 bridgehead atoms. The van der Waals surface area contributed by atoms with Crippen LogP contribution in [0.2, 0.25) is 0 Å². The number of piperidine rings is 1. The first-order valence-corrected chi connectivity index (χ1v) is 7.77. The van der Waals surface area contributed by atoms with Gasteiger partial charge in [-0.15, -0.1) is 0 Å². The van der Waals surface area contributed by atoms with Crippen molar-refractivity contribution in [3.63, 3.8) is 0 Å². The Morgan fingerprint density at radius 1 is 1.42 bits per heavy atom. The van der Waals surface area contributed by atoms with Crippen molar-refractivity contribution in [2.75, 3.05) is 25.5 Å². The second-order valence-electron chi connectivity index (χ2n) is 5.43. The van der Waals surface area contributed by atoms with Crippen molar-refractivity contribution >= 4 is 21.6 Å². The molecule has 0 aromatic heterocycles. The van der Waals surface area contributed by atoms with Crippen LogP contribution in [0.15, 0.2) is 16.6 Å². The van der Waals surface area contributed by atoms with Gasteiger partial charge in [-0.25, -0.2) is 4.39 Å². The number of hydrogen-bond donors (Lipinski definition) is 1. The number of rotatable bonds is 4. The van der Waals surface area contributed by atoms with E-state index >= 15 is 0 Å². The third-order valence-corrected chi connectivity index (χ3v) is 4.59. The van der Waals surface area contributed by atoms with E-state index in [4.69, 9.17) is 0 Å². The van der Waals surface area contributed by atoms with E-state index in [1.165, 1.54) is 25.8 Å². The van der Waals surface area contributed by atoms with Crippen LogP contribution in [-0.4, -0.2) is 31.1 Å². The van der Waals surface area contributed by atoms with Crippen LogP contribution in [0.5, 0.6) is 0 Å². The smallest absolute Gasteiger partial charge is 0.137 e. The summed E-state index contributed by atoms with van der Waals surface area (Å²) < 4.78 is 13.9. The maximum Gasteiger partial charge on any atom is 0.137 e. The van der Waals surface area contributed by atoms with Gasteiger partial charge in [0.15, 0.2) is 0 Å². The molecule has 1 aliphatic rings. The Morgan fingerprint density at radius 3 is 2.95 bits per heavy atom. The first kappa shape index (κ1) is 14.8. The van der Waals surface area contributed by atoms with Crippen molar-refractivity contribution in [2.45, 2.75) is 38.6 Å². The van der Waals surface area contributed by atoms with Crippen molar-refractivity contribution in [1.29, 1.82) is 0 Å². The molecule has 1 N–H and O–H groups in total. The van der Waals surface area contributed by atoms with Crippen LogP contribution < -0.4 is 5.32 Å². The summed E-state index contributed by atoms with van der Waals surface area (Å²) in [5, 5.41) is 3.43. The molecule has 0 amide bonds. The van der Waals surface area contributed by atoms with Gasteiger partial charge in [0.1, 0.15) is 5.82 Å². The van der Waals surface area contributed by atoms with Crippen LogP contribution in [0.1, 0.15) is 31.2 Å². The molecule has 1 aromatic rings. The van der Waals surface area contributed by atoms with Gasteiger partial charge in [-0.3, -0.25) is 0 Å². The van der Waals surface area contributed by atoms with Crippen LogP contribution in [0.3, 0.4) is 0 Å². The normalized spacial score (nSPS) is 20.5. The van der Waals surface area contributed by atoms with Crippen LogP contribution in [0.4, 0.5) is 10.1 Å². The molecule has 1 aliphatic heterocycles. The molecule has 1 heterocycles. The minimum Gasteiger partial charge on any atom is -0.385 e. The van der Waals surface area contributed by atoms with E-state index < -0.39 is 0 Å². The Kier molecular flexibility index (Phi) is 5.22. The number of aryl methyl sites for hydroxylation is 1. The van der Waals surface area contributed by atoms with Crippen molar-refractivity contribution in [3.05, 3.63) is 28.0 Å². The van der Waals surface area contributed by atoms with Gasteiger partial charge in [-0.1, -0.05) is 6.42 Å². The van der Waals surface area contributed by atoms with E-state index in [-0.39, 0.29) is 5.82 Å². The van der Waals surface area contributed by atoms with Crippen molar-refractivity contribution in [2.24, 2.45) is 0 Å². The zero-order valence-corrected chi connectivity index (χ0v) is 13.3. The lowest BCUT2D eigenvalue weighted by Gasteiger charge is -2.32. The third-order valence-electron chi connectivity index (χ3n) is 3.98. The van der Waals surface area contributed by atoms with Crippen LogP contribution in [-0.2, 0) is 0 Å². The topological polar surface area (TPSA) is 15.3 Å². The molecule has 1 fully saturated rings. The summed E-state index contributed by atoms with van der Waals surface area (Å²) in [5.41, 5.74) is 1.98. The van der Waals surface area contributed by atoms with Gasteiger partial charge >= 0.3 is 0 Å². The summed E-state index contributed by atoms with van der Waals surface area (Å²) >= 11 is 3.24. The van der Waals surface area contributed by atoms with E-state index in [0.29, 0.717) is 10.5 Å². The molecule has 0 radical (unpaired) electrons. The number of likely N-dealkylation sites (tertiary alicyclic amines) is 1. The maximum absolute atomic E-state index is 13.3. The molecule has 1 unspecified atom stereocenters. The zero-order chi connectivity index (χ0) is 13.8. The highest BCUT2D eigenvalue weighted by Gasteiger charge is 2.18. The van der Waals surface area contributed by atoms with Gasteiger partial charge < -0.3 is 10.2 Å². The number of hydrogen-bond acceptors (Lipinski definition) is 2. The number of nitrogens with zero attached hydrogens (tertiary/aromatic N) is 1. The van der Waals surface area contributed by atoms with E-state index in [9.17, 15) is 4.39 Å². The fourth-order valence-electron chi connectivity index (χ4n) is 2.72. The standard InChI is InChI=1S/C15H22BrFN2/c1-11-9-14(17)13(16)10-15(11)18-7-6-12-5-3-4-8-19(12)2/h9-10,12,18H,3-8H2,1-2H3. The Bertz CT molecular complexity index is 436. The molecule has 2 nitrogen and oxygen atoms in total. The van der Waals surface area contributed by atoms with Crippen molar-refractivity contribution in [3.8, 4) is 0 Å². The van der Waals surface area contributed by atoms with Crippen molar-refractivity contribution in [1.82, 2.24) is 4.90 Å². The van der Waals surface area contributed by atoms with Gasteiger partial charge in [0.2, 0.25) is 0 Å². The van der Waals surface area contributed by atoms with E-state index in [0.717, 1.165) is 24.2 Å². The predicted molar refractivity (Wildman–Crippen MR) is 82.2 cm³/mol. The second kappa shape index (κ2) is 6.71. The summed E-state index contributed by atoms with van der Waals surface area (Å²) in [7, 11) is 2.21. The van der Waals surface area contributed by atoms with Gasteiger partial charge in [0.25, 0.3) is 0 Å². The molecule has 2 rings (SSSR count). The molecule has 0 saturated carbocycles. The van der Waals surface area contributed by atoms with Gasteiger partial charge in [0.05, 0.1) is 4.47 Å². The number of halogens is 2. The monoisotopic (exact) mass is 328 g/mol. The maximum atomic E-state index is 13.3. The summed E-state index contributed by atoms with van der Waals surface area (Å²) in [6, 6.07) is 4.08. The highest BCUT2D eigenvalue weighted by molar-refractivity contribution is 9.10. The molecule has 1 saturated heterocycles. The average molecular weight is 329 g/mol. The lowest BCUT2D eigenvalue weighted by molar-refractivity contribution is 0.179. The molecule has 0 spiro atoms. The highest BCUT2D eigenvalue weighted by atomic mass is 79.9. The summed E-state index contributed by atoms with van der Waals surface area (Å²) in [4.78, 5) is 2.46. The Hall–Kier alpha value is -0.610. The van der Waals surface area contributed by atoms with E-state index in [1.54, 1.807) is 6.07 Å². The van der Waals surface area contributed by atoms with Crippen LogP contribution in [0, 0.1) is 12.7 Å².